The number of amides is 2. The van der Waals surface area contributed by atoms with Gasteiger partial charge in [-0.1, -0.05) is 0 Å². The number of carbonyl (C=O) groups is 2. The van der Waals surface area contributed by atoms with E-state index >= 15 is 0 Å². The molecule has 2 saturated heterocycles. The normalized spacial score (nSPS) is 26.6. The Bertz CT molecular complexity index is 343. The molecule has 0 saturated carbocycles. The Labute approximate surface area is 120 Å². The van der Waals surface area contributed by atoms with Crippen molar-refractivity contribution in [1.29, 1.82) is 0 Å². The summed E-state index contributed by atoms with van der Waals surface area (Å²) in [6.07, 6.45) is 2.59. The average molecular weight is 283 g/mol. The Balaban J connectivity index is 1.85. The summed E-state index contributed by atoms with van der Waals surface area (Å²) in [6, 6.07) is -0.460. The van der Waals surface area contributed by atoms with Gasteiger partial charge in [-0.2, -0.15) is 0 Å². The summed E-state index contributed by atoms with van der Waals surface area (Å²) in [7, 11) is 0. The number of hydrogen-bond donors (Lipinski definition) is 2. The zero-order valence-electron chi connectivity index (χ0n) is 12.2. The monoisotopic (exact) mass is 283 g/mol. The molecule has 0 bridgehead atoms. The Morgan fingerprint density at radius 2 is 2.30 bits per heavy atom. The molecular weight excluding hydrogens is 258 g/mol. The molecule has 2 unspecified atom stereocenters. The van der Waals surface area contributed by atoms with E-state index in [-0.39, 0.29) is 11.8 Å². The van der Waals surface area contributed by atoms with Gasteiger partial charge in [0, 0.05) is 19.5 Å². The predicted octanol–water partition coefficient (Wildman–Crippen LogP) is -0.260. The van der Waals surface area contributed by atoms with Crippen molar-refractivity contribution in [2.75, 3.05) is 39.4 Å². The van der Waals surface area contributed by atoms with Gasteiger partial charge in [-0.3, -0.25) is 9.59 Å². The smallest absolute Gasteiger partial charge is 0.245 e. The van der Waals surface area contributed by atoms with E-state index in [0.29, 0.717) is 38.6 Å². The Morgan fingerprint density at radius 1 is 1.45 bits per heavy atom. The lowest BCUT2D eigenvalue weighted by Crippen LogP contribution is -2.55. The molecule has 2 amide bonds. The zero-order chi connectivity index (χ0) is 14.4. The fourth-order valence-corrected chi connectivity index (χ4v) is 2.84. The number of likely N-dealkylation sites (N-methyl/N-ethyl adjacent to an activating group) is 1. The van der Waals surface area contributed by atoms with Crippen LogP contribution in [0.4, 0.5) is 0 Å². The third kappa shape index (κ3) is 3.93. The molecule has 6 heteroatoms. The topological polar surface area (TPSA) is 70.7 Å². The number of hydrogen-bond acceptors (Lipinski definition) is 4. The van der Waals surface area contributed by atoms with Crippen molar-refractivity contribution < 1.29 is 14.3 Å². The highest BCUT2D eigenvalue weighted by Crippen LogP contribution is 2.17. The molecule has 0 radical (unpaired) electrons. The Hall–Kier alpha value is -1.14. The molecule has 2 aliphatic rings. The second-order valence-corrected chi connectivity index (χ2v) is 5.47. The molecule has 2 heterocycles. The fourth-order valence-electron chi connectivity index (χ4n) is 2.84. The van der Waals surface area contributed by atoms with Crippen LogP contribution in [0.2, 0.25) is 0 Å². The van der Waals surface area contributed by atoms with Crippen LogP contribution < -0.4 is 10.6 Å². The molecule has 2 atom stereocenters. The third-order valence-electron chi connectivity index (χ3n) is 4.03. The third-order valence-corrected chi connectivity index (χ3v) is 4.03. The number of morpholine rings is 1. The molecule has 114 valence electrons. The maximum absolute atomic E-state index is 12.3. The highest BCUT2D eigenvalue weighted by molar-refractivity contribution is 5.88. The number of nitrogens with one attached hydrogen (secondary N) is 2. The van der Waals surface area contributed by atoms with Gasteiger partial charge in [0.2, 0.25) is 11.8 Å². The maximum atomic E-state index is 12.3. The van der Waals surface area contributed by atoms with Gasteiger partial charge >= 0.3 is 0 Å². The second-order valence-electron chi connectivity index (χ2n) is 5.47. The van der Waals surface area contributed by atoms with Gasteiger partial charge in [-0.05, 0) is 38.8 Å². The average Bonchev–Trinajstić information content (AvgIpc) is 2.98. The minimum absolute atomic E-state index is 0.0800. The highest BCUT2D eigenvalue weighted by atomic mass is 16.5. The van der Waals surface area contributed by atoms with Crippen LogP contribution in [0.25, 0.3) is 0 Å². The summed E-state index contributed by atoms with van der Waals surface area (Å²) < 4.78 is 5.34. The Kier molecular flexibility index (Phi) is 5.79. The van der Waals surface area contributed by atoms with E-state index < -0.39 is 6.04 Å². The van der Waals surface area contributed by atoms with Crippen LogP contribution in [0, 0.1) is 5.92 Å². The minimum Gasteiger partial charge on any atom is -0.377 e. The van der Waals surface area contributed by atoms with Crippen LogP contribution in [0.1, 0.15) is 26.2 Å². The van der Waals surface area contributed by atoms with Crippen molar-refractivity contribution in [3.05, 3.63) is 0 Å². The van der Waals surface area contributed by atoms with E-state index in [9.17, 15) is 9.59 Å². The van der Waals surface area contributed by atoms with Gasteiger partial charge in [0.1, 0.15) is 6.04 Å². The van der Waals surface area contributed by atoms with E-state index in [1.807, 2.05) is 6.92 Å². The SMILES string of the molecule is CCNC(=O)C1COCCN1C(=O)CCC1CCNC1. The molecule has 6 nitrogen and oxygen atoms in total. The fraction of sp³-hybridized carbons (Fsp3) is 0.857. The Morgan fingerprint density at radius 3 is 3.00 bits per heavy atom. The lowest BCUT2D eigenvalue weighted by Gasteiger charge is -2.34. The first-order valence-corrected chi connectivity index (χ1v) is 7.58. The largest absolute Gasteiger partial charge is 0.377 e. The molecule has 2 N–H and O–H groups in total. The summed E-state index contributed by atoms with van der Waals surface area (Å²) in [5.74, 6) is 0.572. The van der Waals surface area contributed by atoms with E-state index in [2.05, 4.69) is 10.6 Å². The van der Waals surface area contributed by atoms with Crippen molar-refractivity contribution in [2.45, 2.75) is 32.2 Å². The van der Waals surface area contributed by atoms with E-state index in [1.165, 1.54) is 0 Å². The van der Waals surface area contributed by atoms with Crippen molar-refractivity contribution >= 4 is 11.8 Å². The highest BCUT2D eigenvalue weighted by Gasteiger charge is 2.32. The second kappa shape index (κ2) is 7.59. The zero-order valence-corrected chi connectivity index (χ0v) is 12.2. The summed E-state index contributed by atoms with van der Waals surface area (Å²) in [6.45, 7) is 5.86. The van der Waals surface area contributed by atoms with Crippen LogP contribution in [0.3, 0.4) is 0 Å². The van der Waals surface area contributed by atoms with Crippen molar-refractivity contribution in [1.82, 2.24) is 15.5 Å². The summed E-state index contributed by atoms with van der Waals surface area (Å²) in [5, 5.41) is 6.08. The number of ether oxygens (including phenoxy) is 1. The molecule has 2 aliphatic heterocycles. The van der Waals surface area contributed by atoms with Crippen LogP contribution >= 0.6 is 0 Å². The lowest BCUT2D eigenvalue weighted by atomic mass is 10.0. The van der Waals surface area contributed by atoms with Gasteiger partial charge in [0.15, 0.2) is 0 Å². The molecule has 0 spiro atoms. The predicted molar refractivity (Wildman–Crippen MR) is 75.2 cm³/mol. The molecular formula is C14H25N3O3. The lowest BCUT2D eigenvalue weighted by molar-refractivity contribution is -0.148. The molecule has 0 aromatic rings. The first kappa shape index (κ1) is 15.3. The van der Waals surface area contributed by atoms with Crippen LogP contribution in [0.5, 0.6) is 0 Å². The van der Waals surface area contributed by atoms with Crippen LogP contribution in [-0.4, -0.2) is 62.1 Å². The molecule has 0 aliphatic carbocycles. The molecule has 0 aromatic carbocycles. The maximum Gasteiger partial charge on any atom is 0.245 e. The minimum atomic E-state index is -0.460. The van der Waals surface area contributed by atoms with Crippen molar-refractivity contribution in [2.24, 2.45) is 5.92 Å². The van der Waals surface area contributed by atoms with E-state index in [1.54, 1.807) is 4.90 Å². The summed E-state index contributed by atoms with van der Waals surface area (Å²) in [5.41, 5.74) is 0. The quantitative estimate of drug-likeness (QED) is 0.729. The van der Waals surface area contributed by atoms with Gasteiger partial charge in [-0.15, -0.1) is 0 Å². The molecule has 0 aromatic heterocycles. The summed E-state index contributed by atoms with van der Waals surface area (Å²) >= 11 is 0. The number of nitrogens with zero attached hydrogens (tertiary/aromatic N) is 1. The molecule has 20 heavy (non-hydrogen) atoms. The standard InChI is InChI=1S/C14H25N3O3/c1-2-16-14(19)12-10-20-8-7-17(12)13(18)4-3-11-5-6-15-9-11/h11-12,15H,2-10H2,1H3,(H,16,19). The van der Waals surface area contributed by atoms with Crippen molar-refractivity contribution in [3.63, 3.8) is 0 Å². The van der Waals surface area contributed by atoms with Crippen molar-refractivity contribution in [3.8, 4) is 0 Å². The molecule has 2 rings (SSSR count). The van der Waals surface area contributed by atoms with Gasteiger partial charge in [0.25, 0.3) is 0 Å². The van der Waals surface area contributed by atoms with Gasteiger partial charge < -0.3 is 20.3 Å². The first-order valence-electron chi connectivity index (χ1n) is 7.58. The molecule has 2 fully saturated rings. The van der Waals surface area contributed by atoms with E-state index in [0.717, 1.165) is 25.9 Å². The van der Waals surface area contributed by atoms with E-state index in [4.69, 9.17) is 4.74 Å². The number of carbonyl (C=O) groups excluding carboxylic acids is 2. The van der Waals surface area contributed by atoms with Gasteiger partial charge in [-0.25, -0.2) is 0 Å². The number of rotatable bonds is 5. The first-order chi connectivity index (χ1) is 9.72. The van der Waals surface area contributed by atoms with Gasteiger partial charge in [0.05, 0.1) is 13.2 Å². The van der Waals surface area contributed by atoms with Crippen LogP contribution in [-0.2, 0) is 14.3 Å². The van der Waals surface area contributed by atoms with Crippen LogP contribution in [0.15, 0.2) is 0 Å². The summed E-state index contributed by atoms with van der Waals surface area (Å²) in [4.78, 5) is 26.0.